The third kappa shape index (κ3) is 2.54. The summed E-state index contributed by atoms with van der Waals surface area (Å²) in [5.74, 6) is -1.44. The van der Waals surface area contributed by atoms with Crippen LogP contribution < -0.4 is 5.32 Å². The number of rotatable bonds is 3. The number of carbonyl (C=O) groups excluding carboxylic acids is 1. The molecule has 1 amide bonds. The van der Waals surface area contributed by atoms with Crippen molar-refractivity contribution in [2.24, 2.45) is 5.41 Å². The van der Waals surface area contributed by atoms with Crippen molar-refractivity contribution in [2.45, 2.75) is 13.0 Å². The number of aromatic nitrogens is 1. The van der Waals surface area contributed by atoms with Gasteiger partial charge >= 0.3 is 5.97 Å². The Balaban J connectivity index is 2.16. The van der Waals surface area contributed by atoms with Crippen molar-refractivity contribution >= 4 is 23.5 Å². The maximum Gasteiger partial charge on any atom is 0.313 e. The van der Waals surface area contributed by atoms with Crippen LogP contribution >= 0.6 is 11.6 Å². The number of hydrogen-bond acceptors (Lipinski definition) is 4. The minimum absolute atomic E-state index is 0.0668. The standard InChI is InChI=1S/C12H13ClN2O4/c1-12(11(17)18)6-19-5-9(12)15-10(16)7-2-3-14-4-8(7)13/h2-4,9H,5-6H2,1H3,(H,15,16)(H,17,18). The molecule has 1 fully saturated rings. The van der Waals surface area contributed by atoms with Crippen LogP contribution in [0.3, 0.4) is 0 Å². The van der Waals surface area contributed by atoms with Crippen molar-refractivity contribution in [2.75, 3.05) is 13.2 Å². The number of nitrogens with one attached hydrogen (secondary N) is 1. The fourth-order valence-corrected chi connectivity index (χ4v) is 2.09. The quantitative estimate of drug-likeness (QED) is 0.863. The van der Waals surface area contributed by atoms with Gasteiger partial charge in [0.1, 0.15) is 5.41 Å². The Morgan fingerprint density at radius 1 is 1.63 bits per heavy atom. The molecular formula is C12H13ClN2O4. The third-order valence-corrected chi connectivity index (χ3v) is 3.57. The van der Waals surface area contributed by atoms with Crippen LogP contribution in [0.25, 0.3) is 0 Å². The second-order valence-corrected chi connectivity index (χ2v) is 5.03. The maximum absolute atomic E-state index is 12.1. The van der Waals surface area contributed by atoms with E-state index in [0.717, 1.165) is 0 Å². The summed E-state index contributed by atoms with van der Waals surface area (Å²) >= 11 is 5.87. The van der Waals surface area contributed by atoms with E-state index in [0.29, 0.717) is 0 Å². The topological polar surface area (TPSA) is 88.5 Å². The van der Waals surface area contributed by atoms with Crippen molar-refractivity contribution in [3.63, 3.8) is 0 Å². The number of hydrogen-bond donors (Lipinski definition) is 2. The zero-order valence-corrected chi connectivity index (χ0v) is 11.0. The highest BCUT2D eigenvalue weighted by molar-refractivity contribution is 6.33. The van der Waals surface area contributed by atoms with Crippen LogP contribution in [0.5, 0.6) is 0 Å². The third-order valence-electron chi connectivity index (χ3n) is 3.27. The first-order valence-corrected chi connectivity index (χ1v) is 6.04. The van der Waals surface area contributed by atoms with E-state index in [4.69, 9.17) is 16.3 Å². The van der Waals surface area contributed by atoms with E-state index in [9.17, 15) is 14.7 Å². The Hall–Kier alpha value is -1.66. The molecule has 102 valence electrons. The van der Waals surface area contributed by atoms with Gasteiger partial charge in [0.25, 0.3) is 5.91 Å². The average molecular weight is 285 g/mol. The summed E-state index contributed by atoms with van der Waals surface area (Å²) in [6.07, 6.45) is 2.81. The number of carboxylic acids is 1. The van der Waals surface area contributed by atoms with Gasteiger partial charge in [-0.1, -0.05) is 11.6 Å². The molecule has 1 aliphatic rings. The Morgan fingerprint density at radius 3 is 3.00 bits per heavy atom. The number of aliphatic carboxylic acids is 1. The van der Waals surface area contributed by atoms with Gasteiger partial charge in [-0.05, 0) is 13.0 Å². The molecule has 2 atom stereocenters. The highest BCUT2D eigenvalue weighted by Crippen LogP contribution is 2.29. The van der Waals surface area contributed by atoms with Gasteiger partial charge < -0.3 is 15.2 Å². The van der Waals surface area contributed by atoms with E-state index >= 15 is 0 Å². The lowest BCUT2D eigenvalue weighted by Crippen LogP contribution is -2.49. The molecule has 1 aliphatic heterocycles. The van der Waals surface area contributed by atoms with Crippen LogP contribution in [-0.4, -0.2) is 41.2 Å². The Kier molecular flexibility index (Phi) is 3.73. The summed E-state index contributed by atoms with van der Waals surface area (Å²) in [7, 11) is 0. The molecule has 0 spiro atoms. The molecule has 19 heavy (non-hydrogen) atoms. The number of halogens is 1. The molecule has 2 heterocycles. The second-order valence-electron chi connectivity index (χ2n) is 4.62. The molecule has 0 saturated carbocycles. The lowest BCUT2D eigenvalue weighted by molar-refractivity contribution is -0.148. The predicted molar refractivity (Wildman–Crippen MR) is 67.1 cm³/mol. The summed E-state index contributed by atoms with van der Waals surface area (Å²) in [5.41, 5.74) is -0.869. The summed E-state index contributed by atoms with van der Waals surface area (Å²) in [6.45, 7) is 1.77. The van der Waals surface area contributed by atoms with E-state index in [1.807, 2.05) is 0 Å². The summed E-state index contributed by atoms with van der Waals surface area (Å²) in [5, 5.41) is 12.1. The van der Waals surface area contributed by atoms with Crippen LogP contribution in [0.1, 0.15) is 17.3 Å². The number of pyridine rings is 1. The van der Waals surface area contributed by atoms with Crippen molar-refractivity contribution in [3.8, 4) is 0 Å². The first-order valence-electron chi connectivity index (χ1n) is 5.66. The molecule has 0 aliphatic carbocycles. The van der Waals surface area contributed by atoms with Gasteiger partial charge in [-0.15, -0.1) is 0 Å². The molecule has 1 aromatic heterocycles. The number of nitrogens with zero attached hydrogens (tertiary/aromatic N) is 1. The zero-order chi connectivity index (χ0) is 14.0. The van der Waals surface area contributed by atoms with Gasteiger partial charge in [0.2, 0.25) is 0 Å². The van der Waals surface area contributed by atoms with Gasteiger partial charge in [-0.25, -0.2) is 0 Å². The second kappa shape index (κ2) is 5.14. The lowest BCUT2D eigenvalue weighted by Gasteiger charge is -2.25. The number of amides is 1. The monoisotopic (exact) mass is 284 g/mol. The SMILES string of the molecule is CC1(C(=O)O)COCC1NC(=O)c1ccncc1Cl. The first kappa shape index (κ1) is 13.8. The molecule has 1 aromatic rings. The molecular weight excluding hydrogens is 272 g/mol. The van der Waals surface area contributed by atoms with Crippen LogP contribution in [0.4, 0.5) is 0 Å². The Morgan fingerprint density at radius 2 is 2.37 bits per heavy atom. The van der Waals surface area contributed by atoms with Gasteiger partial charge in [0.15, 0.2) is 0 Å². The highest BCUT2D eigenvalue weighted by Gasteiger charge is 2.47. The van der Waals surface area contributed by atoms with E-state index in [2.05, 4.69) is 10.3 Å². The number of carbonyl (C=O) groups is 2. The normalized spacial score (nSPS) is 26.1. The molecule has 0 bridgehead atoms. The van der Waals surface area contributed by atoms with E-state index in [1.54, 1.807) is 6.92 Å². The minimum atomic E-state index is -1.13. The van der Waals surface area contributed by atoms with Crippen LogP contribution in [0.2, 0.25) is 5.02 Å². The average Bonchev–Trinajstić information content (AvgIpc) is 2.73. The summed E-state index contributed by atoms with van der Waals surface area (Å²) < 4.78 is 5.16. The van der Waals surface area contributed by atoms with Gasteiger partial charge in [-0.2, -0.15) is 0 Å². The van der Waals surface area contributed by atoms with E-state index < -0.39 is 23.3 Å². The van der Waals surface area contributed by atoms with Gasteiger partial charge in [0.05, 0.1) is 29.8 Å². The minimum Gasteiger partial charge on any atom is -0.481 e. The zero-order valence-electron chi connectivity index (χ0n) is 10.2. The van der Waals surface area contributed by atoms with Gasteiger partial charge in [0, 0.05) is 12.4 Å². The first-order chi connectivity index (χ1) is 8.95. The van der Waals surface area contributed by atoms with Crippen molar-refractivity contribution in [1.82, 2.24) is 10.3 Å². The molecule has 2 rings (SSSR count). The maximum atomic E-state index is 12.1. The largest absolute Gasteiger partial charge is 0.481 e. The molecule has 6 nitrogen and oxygen atoms in total. The number of ether oxygens (including phenoxy) is 1. The molecule has 0 aromatic carbocycles. The molecule has 0 radical (unpaired) electrons. The van der Waals surface area contributed by atoms with Gasteiger partial charge in [-0.3, -0.25) is 14.6 Å². The Bertz CT molecular complexity index is 522. The fourth-order valence-electron chi connectivity index (χ4n) is 1.88. The highest BCUT2D eigenvalue weighted by atomic mass is 35.5. The van der Waals surface area contributed by atoms with Crippen LogP contribution in [0.15, 0.2) is 18.5 Å². The molecule has 1 saturated heterocycles. The van der Waals surface area contributed by atoms with Crippen molar-refractivity contribution in [3.05, 3.63) is 29.0 Å². The van der Waals surface area contributed by atoms with Crippen molar-refractivity contribution in [1.29, 1.82) is 0 Å². The van der Waals surface area contributed by atoms with E-state index in [1.165, 1.54) is 18.5 Å². The van der Waals surface area contributed by atoms with Crippen molar-refractivity contribution < 1.29 is 19.4 Å². The predicted octanol–water partition coefficient (Wildman–Crippen LogP) is 0.954. The molecule has 7 heteroatoms. The Labute approximate surface area is 114 Å². The summed E-state index contributed by atoms with van der Waals surface area (Å²) in [4.78, 5) is 27.1. The smallest absolute Gasteiger partial charge is 0.313 e. The number of carboxylic acid groups (broad SMARTS) is 1. The van der Waals surface area contributed by atoms with E-state index in [-0.39, 0.29) is 23.8 Å². The summed E-state index contributed by atoms with van der Waals surface area (Å²) in [6, 6.07) is 0.882. The molecule has 2 unspecified atom stereocenters. The van der Waals surface area contributed by atoms with Crippen LogP contribution in [-0.2, 0) is 9.53 Å². The lowest BCUT2D eigenvalue weighted by atomic mass is 9.85. The van der Waals surface area contributed by atoms with Crippen LogP contribution in [0, 0.1) is 5.41 Å². The fraction of sp³-hybridized carbons (Fsp3) is 0.417. The molecule has 2 N–H and O–H groups in total.